The lowest BCUT2D eigenvalue weighted by Crippen LogP contribution is -2.34. The molecule has 0 saturated heterocycles. The minimum absolute atomic E-state index is 0.194. The molecule has 0 aliphatic heterocycles. The van der Waals surface area contributed by atoms with Crippen LogP contribution in [0.1, 0.15) is 12.8 Å². The van der Waals surface area contributed by atoms with E-state index in [2.05, 4.69) is 12.1 Å². The summed E-state index contributed by atoms with van der Waals surface area (Å²) in [6.07, 6.45) is 2.10. The number of hydrogen-bond acceptors (Lipinski definition) is 2. The summed E-state index contributed by atoms with van der Waals surface area (Å²) in [5.74, 6) is 0. The Balaban J connectivity index is 2.29. The van der Waals surface area contributed by atoms with Crippen molar-refractivity contribution in [1.82, 2.24) is 5.48 Å². The zero-order valence-corrected chi connectivity index (χ0v) is 4.15. The number of rotatable bonds is 1. The molecule has 0 aromatic rings. The van der Waals surface area contributed by atoms with Gasteiger partial charge in [-0.15, -0.1) is 0 Å². The van der Waals surface area contributed by atoms with Gasteiger partial charge in [0.1, 0.15) is 0 Å². The number of hydroxylamine groups is 1. The largest absolute Gasteiger partial charge is 0.316 e. The highest BCUT2D eigenvalue weighted by molar-refractivity contribution is 5.13. The van der Waals surface area contributed by atoms with Crippen molar-refractivity contribution in [1.29, 1.82) is 0 Å². The van der Waals surface area contributed by atoms with Crippen LogP contribution in [-0.4, -0.2) is 11.2 Å². The highest BCUT2D eigenvalue weighted by Gasteiger charge is 2.19. The summed E-state index contributed by atoms with van der Waals surface area (Å²) >= 11 is 0. The molecule has 1 aliphatic rings. The highest BCUT2D eigenvalue weighted by Crippen LogP contribution is 2.23. The van der Waals surface area contributed by atoms with E-state index in [1.807, 2.05) is 0 Å². The zero-order chi connectivity index (χ0) is 5.28. The van der Waals surface area contributed by atoms with E-state index in [4.69, 9.17) is 5.21 Å². The van der Waals surface area contributed by atoms with Crippen LogP contribution in [0.4, 0.5) is 0 Å². The van der Waals surface area contributed by atoms with E-state index in [1.165, 1.54) is 0 Å². The second-order valence-corrected chi connectivity index (χ2v) is 1.88. The van der Waals surface area contributed by atoms with Gasteiger partial charge >= 0.3 is 0 Å². The van der Waals surface area contributed by atoms with E-state index in [0.29, 0.717) is 0 Å². The van der Waals surface area contributed by atoms with Gasteiger partial charge < -0.3 is 5.21 Å². The second kappa shape index (κ2) is 1.64. The van der Waals surface area contributed by atoms with Crippen LogP contribution in [-0.2, 0) is 0 Å². The van der Waals surface area contributed by atoms with E-state index in [-0.39, 0.29) is 6.04 Å². The first kappa shape index (κ1) is 4.81. The molecule has 0 heterocycles. The van der Waals surface area contributed by atoms with E-state index in [9.17, 15) is 0 Å². The third-order valence-electron chi connectivity index (χ3n) is 1.40. The van der Waals surface area contributed by atoms with Crippen LogP contribution in [0.15, 0.2) is 12.2 Å². The van der Waals surface area contributed by atoms with Crippen LogP contribution in [0.3, 0.4) is 0 Å². The predicted octanol–water partition coefficient (Wildman–Crippen LogP) is 0.684. The summed E-state index contributed by atoms with van der Waals surface area (Å²) in [5, 5.41) is 8.25. The Hall–Kier alpha value is -0.340. The average molecular weight is 99.1 g/mol. The maximum atomic E-state index is 8.25. The Bertz CT molecular complexity index is 88.1. The molecule has 0 bridgehead atoms. The van der Waals surface area contributed by atoms with Crippen molar-refractivity contribution in [3.05, 3.63) is 12.2 Å². The lowest BCUT2D eigenvalue weighted by Gasteiger charge is -2.26. The molecule has 0 aromatic heterocycles. The molecule has 0 unspecified atom stereocenters. The van der Waals surface area contributed by atoms with E-state index in [0.717, 1.165) is 18.4 Å². The van der Waals surface area contributed by atoms with Crippen LogP contribution in [0.5, 0.6) is 0 Å². The minimum Gasteiger partial charge on any atom is -0.316 e. The minimum atomic E-state index is 0.194. The van der Waals surface area contributed by atoms with Crippen molar-refractivity contribution >= 4 is 0 Å². The summed E-state index contributed by atoms with van der Waals surface area (Å²) in [5.41, 5.74) is 3.27. The summed E-state index contributed by atoms with van der Waals surface area (Å²) in [4.78, 5) is 0. The number of nitrogens with one attached hydrogen (secondary N) is 1. The van der Waals surface area contributed by atoms with Crippen LogP contribution >= 0.6 is 0 Å². The summed E-state index contributed by atoms with van der Waals surface area (Å²) in [7, 11) is 0. The SMILES string of the molecule is C=C1CC[C@@H]1NO. The smallest absolute Gasteiger partial charge is 0.0529 e. The van der Waals surface area contributed by atoms with Gasteiger partial charge in [0, 0.05) is 0 Å². The molecule has 0 aromatic carbocycles. The Kier molecular flexibility index (Phi) is 1.13. The van der Waals surface area contributed by atoms with Gasteiger partial charge in [-0.1, -0.05) is 12.2 Å². The molecule has 40 valence electrons. The summed E-state index contributed by atoms with van der Waals surface area (Å²) in [6, 6.07) is 0.194. The van der Waals surface area contributed by atoms with Gasteiger partial charge in [-0.25, -0.2) is 0 Å². The number of hydrogen-bond donors (Lipinski definition) is 2. The Morgan fingerprint density at radius 3 is 2.57 bits per heavy atom. The third-order valence-corrected chi connectivity index (χ3v) is 1.40. The predicted molar refractivity (Wildman–Crippen MR) is 27.1 cm³/mol. The lowest BCUT2D eigenvalue weighted by molar-refractivity contribution is 0.119. The van der Waals surface area contributed by atoms with Gasteiger partial charge in [0.05, 0.1) is 6.04 Å². The third kappa shape index (κ3) is 0.667. The highest BCUT2D eigenvalue weighted by atomic mass is 16.5. The standard InChI is InChI=1S/C5H9NO/c1-4-2-3-5(4)6-7/h5-7H,1-3H2/t5-/m0/s1. The van der Waals surface area contributed by atoms with Crippen molar-refractivity contribution in [2.24, 2.45) is 0 Å². The normalized spacial score (nSPS) is 29.9. The van der Waals surface area contributed by atoms with Crippen molar-refractivity contribution in [3.8, 4) is 0 Å². The van der Waals surface area contributed by atoms with Crippen LogP contribution in [0.2, 0.25) is 0 Å². The lowest BCUT2D eigenvalue weighted by atomic mass is 9.88. The molecule has 1 rings (SSSR count). The zero-order valence-electron chi connectivity index (χ0n) is 4.15. The molecule has 0 spiro atoms. The fraction of sp³-hybridized carbons (Fsp3) is 0.600. The first-order chi connectivity index (χ1) is 3.34. The first-order valence-corrected chi connectivity index (χ1v) is 2.42. The van der Waals surface area contributed by atoms with Gasteiger partial charge in [0.2, 0.25) is 0 Å². The van der Waals surface area contributed by atoms with Gasteiger partial charge in [-0.3, -0.25) is 0 Å². The molecule has 2 N–H and O–H groups in total. The van der Waals surface area contributed by atoms with E-state index < -0.39 is 0 Å². The molecule has 1 saturated carbocycles. The first-order valence-electron chi connectivity index (χ1n) is 2.42. The molecule has 1 fully saturated rings. The topological polar surface area (TPSA) is 32.3 Å². The van der Waals surface area contributed by atoms with Crippen molar-refractivity contribution in [2.75, 3.05) is 0 Å². The van der Waals surface area contributed by atoms with Crippen molar-refractivity contribution in [2.45, 2.75) is 18.9 Å². The quantitative estimate of drug-likeness (QED) is 0.374. The maximum absolute atomic E-state index is 8.25. The molecule has 0 amide bonds. The van der Waals surface area contributed by atoms with Gasteiger partial charge in [0.25, 0.3) is 0 Å². The van der Waals surface area contributed by atoms with Gasteiger partial charge in [-0.05, 0) is 12.8 Å². The van der Waals surface area contributed by atoms with Crippen molar-refractivity contribution < 1.29 is 5.21 Å². The maximum Gasteiger partial charge on any atom is 0.0529 e. The van der Waals surface area contributed by atoms with Crippen LogP contribution < -0.4 is 5.48 Å². The molecule has 0 radical (unpaired) electrons. The molecule has 2 heteroatoms. The molecular weight excluding hydrogens is 90.1 g/mol. The Morgan fingerprint density at radius 1 is 1.86 bits per heavy atom. The Morgan fingerprint density at radius 2 is 2.57 bits per heavy atom. The van der Waals surface area contributed by atoms with E-state index >= 15 is 0 Å². The van der Waals surface area contributed by atoms with E-state index in [1.54, 1.807) is 0 Å². The van der Waals surface area contributed by atoms with Gasteiger partial charge in [-0.2, -0.15) is 5.48 Å². The second-order valence-electron chi connectivity index (χ2n) is 1.88. The fourth-order valence-corrected chi connectivity index (χ4v) is 0.649. The Labute approximate surface area is 42.8 Å². The summed E-state index contributed by atoms with van der Waals surface area (Å²) < 4.78 is 0. The molecule has 1 atom stereocenters. The van der Waals surface area contributed by atoms with Gasteiger partial charge in [0.15, 0.2) is 0 Å². The average Bonchev–Trinajstić information content (AvgIpc) is 1.65. The fourth-order valence-electron chi connectivity index (χ4n) is 0.649. The molecule has 2 nitrogen and oxygen atoms in total. The van der Waals surface area contributed by atoms with Crippen LogP contribution in [0, 0.1) is 0 Å². The molecular formula is C5H9NO. The molecule has 1 aliphatic carbocycles. The van der Waals surface area contributed by atoms with Crippen molar-refractivity contribution in [3.63, 3.8) is 0 Å². The van der Waals surface area contributed by atoms with Crippen LogP contribution in [0.25, 0.3) is 0 Å². The monoisotopic (exact) mass is 99.1 g/mol. The summed E-state index contributed by atoms with van der Waals surface area (Å²) in [6.45, 7) is 3.69. The molecule has 7 heavy (non-hydrogen) atoms.